The predicted octanol–water partition coefficient (Wildman–Crippen LogP) is 4.75. The SMILES string of the molecule is CC1(C)Oc2ccccc2C1Nc1ccc(F)cc1I. The van der Waals surface area contributed by atoms with Crippen molar-refractivity contribution < 1.29 is 9.13 Å². The van der Waals surface area contributed by atoms with Crippen molar-refractivity contribution in [3.05, 3.63) is 57.4 Å². The molecule has 4 heteroatoms. The highest BCUT2D eigenvalue weighted by Crippen LogP contribution is 2.44. The highest BCUT2D eigenvalue weighted by Gasteiger charge is 2.41. The fourth-order valence-corrected chi connectivity index (χ4v) is 3.18. The minimum atomic E-state index is -0.346. The lowest BCUT2D eigenvalue weighted by Gasteiger charge is -2.28. The van der Waals surface area contributed by atoms with Crippen molar-refractivity contribution in [3.8, 4) is 5.75 Å². The number of ether oxygens (including phenoxy) is 1. The molecule has 0 bridgehead atoms. The van der Waals surface area contributed by atoms with E-state index in [1.54, 1.807) is 6.07 Å². The molecule has 20 heavy (non-hydrogen) atoms. The molecule has 0 saturated carbocycles. The van der Waals surface area contributed by atoms with Crippen LogP contribution in [-0.2, 0) is 0 Å². The third-order valence-electron chi connectivity index (χ3n) is 3.53. The topological polar surface area (TPSA) is 21.3 Å². The van der Waals surface area contributed by atoms with E-state index in [0.717, 1.165) is 20.6 Å². The third kappa shape index (κ3) is 2.37. The van der Waals surface area contributed by atoms with Gasteiger partial charge in [-0.05, 0) is 60.7 Å². The molecular weight excluding hydrogens is 368 g/mol. The normalized spacial score (nSPS) is 19.3. The van der Waals surface area contributed by atoms with Gasteiger partial charge in [0.2, 0.25) is 0 Å². The number of halogens is 2. The first-order valence-electron chi connectivity index (χ1n) is 6.47. The number of benzene rings is 2. The van der Waals surface area contributed by atoms with Gasteiger partial charge in [0.05, 0.1) is 6.04 Å². The average Bonchev–Trinajstić information content (AvgIpc) is 2.63. The number of para-hydroxylation sites is 1. The lowest BCUT2D eigenvalue weighted by Crippen LogP contribution is -2.34. The monoisotopic (exact) mass is 383 g/mol. The molecule has 0 aromatic heterocycles. The number of hydrogen-bond acceptors (Lipinski definition) is 2. The maximum Gasteiger partial charge on any atom is 0.128 e. The largest absolute Gasteiger partial charge is 0.485 e. The van der Waals surface area contributed by atoms with E-state index < -0.39 is 0 Å². The fourth-order valence-electron chi connectivity index (χ4n) is 2.54. The predicted molar refractivity (Wildman–Crippen MR) is 86.6 cm³/mol. The average molecular weight is 383 g/mol. The lowest BCUT2D eigenvalue weighted by molar-refractivity contribution is 0.118. The summed E-state index contributed by atoms with van der Waals surface area (Å²) in [7, 11) is 0. The summed E-state index contributed by atoms with van der Waals surface area (Å²) < 4.78 is 20.1. The molecule has 1 unspecified atom stereocenters. The molecule has 0 amide bonds. The van der Waals surface area contributed by atoms with Crippen LogP contribution in [0.2, 0.25) is 0 Å². The van der Waals surface area contributed by atoms with Crippen LogP contribution in [0.25, 0.3) is 0 Å². The van der Waals surface area contributed by atoms with Gasteiger partial charge in [-0.1, -0.05) is 18.2 Å². The van der Waals surface area contributed by atoms with E-state index in [-0.39, 0.29) is 17.5 Å². The van der Waals surface area contributed by atoms with Gasteiger partial charge >= 0.3 is 0 Å². The van der Waals surface area contributed by atoms with Gasteiger partial charge in [0.25, 0.3) is 0 Å². The Hall–Kier alpha value is -1.30. The molecule has 1 heterocycles. The molecular formula is C16H15FINO. The van der Waals surface area contributed by atoms with Gasteiger partial charge in [-0.2, -0.15) is 0 Å². The van der Waals surface area contributed by atoms with Crippen molar-refractivity contribution >= 4 is 28.3 Å². The minimum Gasteiger partial charge on any atom is -0.485 e. The van der Waals surface area contributed by atoms with Crippen molar-refractivity contribution in [2.45, 2.75) is 25.5 Å². The van der Waals surface area contributed by atoms with Gasteiger partial charge in [0.15, 0.2) is 0 Å². The van der Waals surface area contributed by atoms with Crippen LogP contribution in [0.3, 0.4) is 0 Å². The summed E-state index contributed by atoms with van der Waals surface area (Å²) in [6.45, 7) is 4.11. The van der Waals surface area contributed by atoms with Crippen molar-refractivity contribution in [2.75, 3.05) is 5.32 Å². The molecule has 0 fully saturated rings. The molecule has 2 nitrogen and oxygen atoms in total. The molecule has 1 aliphatic rings. The summed E-state index contributed by atoms with van der Waals surface area (Å²) in [6, 6.07) is 12.8. The summed E-state index contributed by atoms with van der Waals surface area (Å²) >= 11 is 2.14. The van der Waals surface area contributed by atoms with Crippen LogP contribution in [0.15, 0.2) is 42.5 Å². The van der Waals surface area contributed by atoms with Crippen molar-refractivity contribution in [3.63, 3.8) is 0 Å². The number of rotatable bonds is 2. The highest BCUT2D eigenvalue weighted by molar-refractivity contribution is 14.1. The third-order valence-corrected chi connectivity index (χ3v) is 4.42. The first kappa shape index (κ1) is 13.7. The summed E-state index contributed by atoms with van der Waals surface area (Å²) in [5.41, 5.74) is 1.71. The summed E-state index contributed by atoms with van der Waals surface area (Å²) in [6.07, 6.45) is 0. The quantitative estimate of drug-likeness (QED) is 0.756. The van der Waals surface area contributed by atoms with Crippen molar-refractivity contribution in [2.24, 2.45) is 0 Å². The minimum absolute atomic E-state index is 0.0395. The van der Waals surface area contributed by atoms with E-state index in [0.29, 0.717) is 0 Å². The lowest BCUT2D eigenvalue weighted by atomic mass is 9.94. The Morgan fingerprint density at radius 3 is 2.70 bits per heavy atom. The number of hydrogen-bond donors (Lipinski definition) is 1. The first-order chi connectivity index (χ1) is 9.47. The molecule has 0 aliphatic carbocycles. The van der Waals surface area contributed by atoms with E-state index >= 15 is 0 Å². The van der Waals surface area contributed by atoms with Gasteiger partial charge in [-0.15, -0.1) is 0 Å². The van der Waals surface area contributed by atoms with Gasteiger partial charge < -0.3 is 10.1 Å². The second-order valence-electron chi connectivity index (χ2n) is 5.44. The van der Waals surface area contributed by atoms with Crippen LogP contribution in [0.4, 0.5) is 10.1 Å². The molecule has 1 atom stereocenters. The fraction of sp³-hybridized carbons (Fsp3) is 0.250. The Labute approximate surface area is 131 Å². The zero-order valence-corrected chi connectivity index (χ0v) is 13.4. The van der Waals surface area contributed by atoms with Gasteiger partial charge in [0.1, 0.15) is 17.2 Å². The maximum atomic E-state index is 13.2. The highest BCUT2D eigenvalue weighted by atomic mass is 127. The van der Waals surface area contributed by atoms with Crippen LogP contribution < -0.4 is 10.1 Å². The van der Waals surface area contributed by atoms with Gasteiger partial charge in [-0.3, -0.25) is 0 Å². The molecule has 1 N–H and O–H groups in total. The molecule has 0 radical (unpaired) electrons. The Balaban J connectivity index is 1.97. The molecule has 1 aliphatic heterocycles. The number of fused-ring (bicyclic) bond motifs is 1. The molecule has 0 spiro atoms. The Morgan fingerprint density at radius 1 is 1.20 bits per heavy atom. The second kappa shape index (κ2) is 4.91. The molecule has 2 aromatic rings. The Morgan fingerprint density at radius 2 is 1.95 bits per heavy atom. The number of anilines is 1. The zero-order valence-electron chi connectivity index (χ0n) is 11.3. The molecule has 104 valence electrons. The van der Waals surface area contributed by atoms with Crippen LogP contribution in [0.5, 0.6) is 5.75 Å². The van der Waals surface area contributed by atoms with Crippen LogP contribution in [0.1, 0.15) is 25.5 Å². The van der Waals surface area contributed by atoms with Crippen LogP contribution >= 0.6 is 22.6 Å². The van der Waals surface area contributed by atoms with Gasteiger partial charge in [-0.25, -0.2) is 4.39 Å². The maximum absolute atomic E-state index is 13.2. The smallest absolute Gasteiger partial charge is 0.128 e. The van der Waals surface area contributed by atoms with Gasteiger partial charge in [0, 0.05) is 14.8 Å². The van der Waals surface area contributed by atoms with Crippen LogP contribution in [0, 0.1) is 9.39 Å². The summed E-state index contributed by atoms with van der Waals surface area (Å²) in [5, 5.41) is 3.48. The van der Waals surface area contributed by atoms with E-state index in [1.165, 1.54) is 12.1 Å². The first-order valence-corrected chi connectivity index (χ1v) is 7.55. The summed E-state index contributed by atoms with van der Waals surface area (Å²) in [5.74, 6) is 0.689. The molecule has 0 saturated heterocycles. The van der Waals surface area contributed by atoms with E-state index in [2.05, 4.69) is 47.8 Å². The van der Waals surface area contributed by atoms with Crippen LogP contribution in [-0.4, -0.2) is 5.60 Å². The zero-order chi connectivity index (χ0) is 14.3. The van der Waals surface area contributed by atoms with Crippen molar-refractivity contribution in [1.29, 1.82) is 0 Å². The number of nitrogens with one attached hydrogen (secondary N) is 1. The Bertz CT molecular complexity index is 657. The Kier molecular flexibility index (Phi) is 3.36. The molecule has 2 aromatic carbocycles. The summed E-state index contributed by atoms with van der Waals surface area (Å²) in [4.78, 5) is 0. The second-order valence-corrected chi connectivity index (χ2v) is 6.61. The van der Waals surface area contributed by atoms with E-state index in [1.807, 2.05) is 18.2 Å². The van der Waals surface area contributed by atoms with E-state index in [4.69, 9.17) is 4.74 Å². The van der Waals surface area contributed by atoms with E-state index in [9.17, 15) is 4.39 Å². The standard InChI is InChI=1S/C16H15FINO/c1-16(2)15(11-5-3-4-6-14(11)20-16)19-13-8-7-10(17)9-12(13)18/h3-9,15,19H,1-2H3. The van der Waals surface area contributed by atoms with Crippen molar-refractivity contribution in [1.82, 2.24) is 0 Å². The molecule has 3 rings (SSSR count).